The average molecular weight is 273 g/mol. The quantitative estimate of drug-likeness (QED) is 0.842. The van der Waals surface area contributed by atoms with Gasteiger partial charge in [0.25, 0.3) is 0 Å². The molecule has 1 aromatic heterocycles. The molecule has 0 radical (unpaired) electrons. The molecule has 3 nitrogen and oxygen atoms in total. The van der Waals surface area contributed by atoms with Crippen LogP contribution < -0.4 is 10.1 Å². The van der Waals surface area contributed by atoms with Crippen molar-refractivity contribution in [1.29, 1.82) is 0 Å². The van der Waals surface area contributed by atoms with Gasteiger partial charge < -0.3 is 14.5 Å². The smallest absolute Gasteiger partial charge is 0.120 e. The van der Waals surface area contributed by atoms with Crippen molar-refractivity contribution in [3.8, 4) is 5.75 Å². The van der Waals surface area contributed by atoms with Crippen molar-refractivity contribution in [3.05, 3.63) is 54.0 Å². The molecule has 2 rings (SSSR count). The van der Waals surface area contributed by atoms with Crippen molar-refractivity contribution in [2.75, 3.05) is 0 Å². The molecule has 1 N–H and O–H groups in total. The van der Waals surface area contributed by atoms with E-state index < -0.39 is 0 Å². The Hall–Kier alpha value is -1.74. The third-order valence-electron chi connectivity index (χ3n) is 3.22. The zero-order valence-corrected chi connectivity index (χ0v) is 12.6. The van der Waals surface area contributed by atoms with Crippen molar-refractivity contribution in [2.24, 2.45) is 0 Å². The summed E-state index contributed by atoms with van der Waals surface area (Å²) in [5.74, 6) is 1.87. The Morgan fingerprint density at radius 3 is 2.20 bits per heavy atom. The molecule has 2 aromatic rings. The van der Waals surface area contributed by atoms with Crippen molar-refractivity contribution in [1.82, 2.24) is 5.32 Å². The molecule has 0 amide bonds. The summed E-state index contributed by atoms with van der Waals surface area (Å²) in [6.07, 6.45) is 1.91. The summed E-state index contributed by atoms with van der Waals surface area (Å²) >= 11 is 0. The fraction of sp³-hybridized carbons (Fsp3) is 0.412. The maximum Gasteiger partial charge on any atom is 0.120 e. The molecule has 1 unspecified atom stereocenters. The van der Waals surface area contributed by atoms with Gasteiger partial charge in [-0.15, -0.1) is 0 Å². The lowest BCUT2D eigenvalue weighted by Gasteiger charge is -2.19. The zero-order chi connectivity index (χ0) is 14.5. The minimum absolute atomic E-state index is 0.187. The summed E-state index contributed by atoms with van der Waals surface area (Å²) in [4.78, 5) is 0. The first kappa shape index (κ1) is 14.7. The van der Waals surface area contributed by atoms with Gasteiger partial charge >= 0.3 is 0 Å². The molecule has 1 aromatic carbocycles. The number of furan rings is 1. The number of rotatable bonds is 6. The van der Waals surface area contributed by atoms with E-state index in [9.17, 15) is 0 Å². The van der Waals surface area contributed by atoms with Crippen LogP contribution in [0.3, 0.4) is 0 Å². The second-order valence-corrected chi connectivity index (χ2v) is 5.36. The van der Waals surface area contributed by atoms with Crippen LogP contribution >= 0.6 is 0 Å². The van der Waals surface area contributed by atoms with Crippen molar-refractivity contribution >= 4 is 0 Å². The number of nitrogens with one attached hydrogen (secondary N) is 1. The molecule has 0 fully saturated rings. The molecule has 20 heavy (non-hydrogen) atoms. The molecular formula is C17H23NO2. The predicted molar refractivity (Wildman–Crippen MR) is 80.9 cm³/mol. The minimum atomic E-state index is 0.187. The molecule has 3 heteroatoms. The topological polar surface area (TPSA) is 34.4 Å². The largest absolute Gasteiger partial charge is 0.491 e. The Balaban J connectivity index is 1.97. The maximum absolute atomic E-state index is 5.65. The Labute approximate surface area is 121 Å². The van der Waals surface area contributed by atoms with E-state index in [1.54, 1.807) is 6.26 Å². The molecule has 0 aliphatic rings. The van der Waals surface area contributed by atoms with Gasteiger partial charge in [0.05, 0.1) is 18.4 Å². The van der Waals surface area contributed by atoms with Crippen LogP contribution in [0, 0.1) is 0 Å². The first-order chi connectivity index (χ1) is 9.56. The third kappa shape index (κ3) is 3.87. The van der Waals surface area contributed by atoms with Gasteiger partial charge in [-0.25, -0.2) is 0 Å². The van der Waals surface area contributed by atoms with Crippen molar-refractivity contribution in [2.45, 2.75) is 45.9 Å². The average Bonchev–Trinajstić information content (AvgIpc) is 2.92. The Morgan fingerprint density at radius 2 is 1.65 bits per heavy atom. The highest BCUT2D eigenvalue weighted by molar-refractivity contribution is 5.29. The summed E-state index contributed by atoms with van der Waals surface area (Å²) in [5.41, 5.74) is 1.24. The molecular weight excluding hydrogens is 250 g/mol. The second-order valence-electron chi connectivity index (χ2n) is 5.36. The molecule has 0 saturated heterocycles. The van der Waals surface area contributed by atoms with Gasteiger partial charge in [0.1, 0.15) is 11.5 Å². The molecule has 2 atom stereocenters. The standard InChI is InChI=1S/C17H23NO2/c1-12(2)20-16-9-7-15(8-10-16)13(3)18-14(4)17-6-5-11-19-17/h5-14,18H,1-4H3/t13?,14-/m0/s1. The number of hydrogen-bond donors (Lipinski definition) is 1. The lowest BCUT2D eigenvalue weighted by Crippen LogP contribution is -2.22. The van der Waals surface area contributed by atoms with Crippen LogP contribution in [0.4, 0.5) is 0 Å². The Bertz CT molecular complexity index is 502. The number of hydrogen-bond acceptors (Lipinski definition) is 3. The van der Waals surface area contributed by atoms with Crippen LogP contribution in [-0.4, -0.2) is 6.10 Å². The summed E-state index contributed by atoms with van der Waals surface area (Å²) in [7, 11) is 0. The highest BCUT2D eigenvalue weighted by atomic mass is 16.5. The third-order valence-corrected chi connectivity index (χ3v) is 3.22. The van der Waals surface area contributed by atoms with E-state index in [1.807, 2.05) is 38.1 Å². The van der Waals surface area contributed by atoms with Gasteiger partial charge in [-0.2, -0.15) is 0 Å². The van der Waals surface area contributed by atoms with E-state index in [2.05, 4.69) is 31.3 Å². The summed E-state index contributed by atoms with van der Waals surface area (Å²) < 4.78 is 11.1. The van der Waals surface area contributed by atoms with Crippen molar-refractivity contribution < 1.29 is 9.15 Å². The van der Waals surface area contributed by atoms with Gasteiger partial charge in [0.15, 0.2) is 0 Å². The minimum Gasteiger partial charge on any atom is -0.491 e. The normalized spacial score (nSPS) is 14.2. The van der Waals surface area contributed by atoms with Crippen LogP contribution in [0.2, 0.25) is 0 Å². The molecule has 0 saturated carbocycles. The number of benzene rings is 1. The van der Waals surface area contributed by atoms with Crippen LogP contribution in [-0.2, 0) is 0 Å². The molecule has 0 aliphatic heterocycles. The van der Waals surface area contributed by atoms with E-state index in [4.69, 9.17) is 9.15 Å². The van der Waals surface area contributed by atoms with E-state index in [0.29, 0.717) is 0 Å². The van der Waals surface area contributed by atoms with Gasteiger partial charge in [-0.3, -0.25) is 0 Å². The highest BCUT2D eigenvalue weighted by Gasteiger charge is 2.13. The van der Waals surface area contributed by atoms with Gasteiger partial charge in [-0.05, 0) is 57.5 Å². The lowest BCUT2D eigenvalue weighted by molar-refractivity contribution is 0.242. The van der Waals surface area contributed by atoms with Gasteiger partial charge in [0, 0.05) is 6.04 Å². The van der Waals surface area contributed by atoms with Crippen LogP contribution in [0.15, 0.2) is 47.1 Å². The fourth-order valence-electron chi connectivity index (χ4n) is 2.20. The van der Waals surface area contributed by atoms with Crippen LogP contribution in [0.1, 0.15) is 51.1 Å². The van der Waals surface area contributed by atoms with E-state index in [0.717, 1.165) is 11.5 Å². The highest BCUT2D eigenvalue weighted by Crippen LogP contribution is 2.22. The van der Waals surface area contributed by atoms with Crippen molar-refractivity contribution in [3.63, 3.8) is 0 Å². The van der Waals surface area contributed by atoms with E-state index in [1.165, 1.54) is 5.56 Å². The second kappa shape index (κ2) is 6.62. The molecule has 1 heterocycles. The molecule has 108 valence electrons. The Morgan fingerprint density at radius 1 is 0.950 bits per heavy atom. The SMILES string of the molecule is CC(C)Oc1ccc(C(C)N[C@@H](C)c2ccco2)cc1. The predicted octanol–water partition coefficient (Wildman–Crippen LogP) is 4.48. The Kier molecular flexibility index (Phi) is 4.85. The first-order valence-corrected chi connectivity index (χ1v) is 7.12. The van der Waals surface area contributed by atoms with Gasteiger partial charge in [0.2, 0.25) is 0 Å². The number of ether oxygens (including phenoxy) is 1. The molecule has 0 spiro atoms. The van der Waals surface area contributed by atoms with Gasteiger partial charge in [-0.1, -0.05) is 12.1 Å². The molecule has 0 bridgehead atoms. The zero-order valence-electron chi connectivity index (χ0n) is 12.6. The van der Waals surface area contributed by atoms with Crippen LogP contribution in [0.25, 0.3) is 0 Å². The van der Waals surface area contributed by atoms with Crippen LogP contribution in [0.5, 0.6) is 5.75 Å². The molecule has 0 aliphatic carbocycles. The monoisotopic (exact) mass is 273 g/mol. The summed E-state index contributed by atoms with van der Waals surface area (Å²) in [6.45, 7) is 8.32. The van der Waals surface area contributed by atoms with E-state index in [-0.39, 0.29) is 18.2 Å². The fourth-order valence-corrected chi connectivity index (χ4v) is 2.20. The van der Waals surface area contributed by atoms with E-state index >= 15 is 0 Å². The summed E-state index contributed by atoms with van der Waals surface area (Å²) in [5, 5.41) is 3.52. The summed E-state index contributed by atoms with van der Waals surface area (Å²) in [6, 6.07) is 12.6. The lowest BCUT2D eigenvalue weighted by atomic mass is 10.1. The maximum atomic E-state index is 5.65. The first-order valence-electron chi connectivity index (χ1n) is 7.12.